The molecule has 6 nitrogen and oxygen atoms in total. The minimum Gasteiger partial charge on any atom is -0.350 e. The molecule has 2 amide bonds. The van der Waals surface area contributed by atoms with Crippen LogP contribution in [0.25, 0.3) is 0 Å². The van der Waals surface area contributed by atoms with Crippen LogP contribution < -0.4 is 5.32 Å². The van der Waals surface area contributed by atoms with Gasteiger partial charge in [0, 0.05) is 44.4 Å². The number of nitrogens with one attached hydrogen (secondary N) is 1. The fourth-order valence-corrected chi connectivity index (χ4v) is 4.97. The van der Waals surface area contributed by atoms with Crippen molar-refractivity contribution < 1.29 is 9.59 Å². The molecule has 0 bridgehead atoms. The van der Waals surface area contributed by atoms with Gasteiger partial charge in [-0.2, -0.15) is 0 Å². The van der Waals surface area contributed by atoms with Crippen LogP contribution in [0, 0.1) is 6.92 Å². The Kier molecular flexibility index (Phi) is 5.93. The molecule has 0 spiro atoms. The van der Waals surface area contributed by atoms with Crippen molar-refractivity contribution in [2.45, 2.75) is 69.9 Å². The average Bonchev–Trinajstić information content (AvgIpc) is 3.34. The number of piperidine rings is 1. The van der Waals surface area contributed by atoms with Crippen LogP contribution in [-0.4, -0.2) is 38.3 Å². The van der Waals surface area contributed by atoms with Crippen molar-refractivity contribution >= 4 is 11.8 Å². The molecule has 2 fully saturated rings. The fourth-order valence-electron chi connectivity index (χ4n) is 4.97. The number of hydrogen-bond donors (Lipinski definition) is 1. The minimum absolute atomic E-state index is 0.0532. The lowest BCUT2D eigenvalue weighted by atomic mass is 9.84. The Bertz CT molecular complexity index is 904. The first-order valence-electron chi connectivity index (χ1n) is 11.1. The van der Waals surface area contributed by atoms with Crippen LogP contribution in [0.15, 0.2) is 36.7 Å². The van der Waals surface area contributed by atoms with Gasteiger partial charge in [-0.25, -0.2) is 4.98 Å². The molecule has 2 unspecified atom stereocenters. The Morgan fingerprint density at radius 3 is 2.73 bits per heavy atom. The molecular formula is C24H32N4O2. The molecule has 2 saturated heterocycles. The van der Waals surface area contributed by atoms with Crippen molar-refractivity contribution in [2.75, 3.05) is 6.54 Å². The number of hydrogen-bond acceptors (Lipinski definition) is 3. The molecule has 2 aliphatic rings. The van der Waals surface area contributed by atoms with Crippen molar-refractivity contribution in [3.05, 3.63) is 53.6 Å². The Labute approximate surface area is 178 Å². The summed E-state index contributed by atoms with van der Waals surface area (Å²) in [5.74, 6) is 1.23. The summed E-state index contributed by atoms with van der Waals surface area (Å²) in [4.78, 5) is 31.9. The van der Waals surface area contributed by atoms with Crippen LogP contribution >= 0.6 is 0 Å². The molecule has 160 valence electrons. The van der Waals surface area contributed by atoms with Crippen LogP contribution in [0.4, 0.5) is 0 Å². The van der Waals surface area contributed by atoms with Gasteiger partial charge in [0.25, 0.3) is 0 Å². The van der Waals surface area contributed by atoms with Gasteiger partial charge in [-0.3, -0.25) is 9.59 Å². The van der Waals surface area contributed by atoms with E-state index in [0.717, 1.165) is 44.5 Å². The molecule has 2 aliphatic heterocycles. The maximum Gasteiger partial charge on any atom is 0.223 e. The Balaban J connectivity index is 1.46. The molecule has 0 radical (unpaired) electrons. The largest absolute Gasteiger partial charge is 0.350 e. The zero-order chi connectivity index (χ0) is 21.1. The summed E-state index contributed by atoms with van der Waals surface area (Å²) >= 11 is 0. The second kappa shape index (κ2) is 8.62. The normalized spacial score (nSPS) is 24.1. The summed E-state index contributed by atoms with van der Waals surface area (Å²) in [6.45, 7) is 2.86. The summed E-state index contributed by atoms with van der Waals surface area (Å²) < 4.78 is 2.02. The second-order valence-corrected chi connectivity index (χ2v) is 8.99. The standard InChI is InChI=1S/C24H32N4O2/c1-18-6-8-19(9-7-18)17-24(12-10-21(29)26-24)13-11-22(30)28-15-4-3-5-20(28)23-25-14-16-27(23)2/h6-9,14,16,20H,3-5,10-13,15,17H2,1-2H3,(H,26,29). The summed E-state index contributed by atoms with van der Waals surface area (Å²) in [5.41, 5.74) is 2.11. The molecule has 30 heavy (non-hydrogen) atoms. The topological polar surface area (TPSA) is 67.2 Å². The highest BCUT2D eigenvalue weighted by Crippen LogP contribution is 2.33. The number of nitrogens with zero attached hydrogens (tertiary/aromatic N) is 3. The van der Waals surface area contributed by atoms with Gasteiger partial charge in [0.2, 0.25) is 11.8 Å². The van der Waals surface area contributed by atoms with E-state index in [4.69, 9.17) is 0 Å². The van der Waals surface area contributed by atoms with Gasteiger partial charge < -0.3 is 14.8 Å². The van der Waals surface area contributed by atoms with E-state index in [0.29, 0.717) is 19.3 Å². The quantitative estimate of drug-likeness (QED) is 0.796. The first-order chi connectivity index (χ1) is 14.5. The zero-order valence-electron chi connectivity index (χ0n) is 18.1. The number of rotatable bonds is 6. The van der Waals surface area contributed by atoms with Crippen molar-refractivity contribution in [1.82, 2.24) is 19.8 Å². The number of amides is 2. The molecular weight excluding hydrogens is 376 g/mol. The molecule has 3 heterocycles. The van der Waals surface area contributed by atoms with E-state index in [-0.39, 0.29) is 23.4 Å². The Hall–Kier alpha value is -2.63. The van der Waals surface area contributed by atoms with E-state index in [2.05, 4.69) is 41.5 Å². The van der Waals surface area contributed by atoms with Crippen LogP contribution in [0.1, 0.15) is 67.9 Å². The molecule has 6 heteroatoms. The van der Waals surface area contributed by atoms with E-state index in [9.17, 15) is 9.59 Å². The Morgan fingerprint density at radius 2 is 2.07 bits per heavy atom. The number of aromatic nitrogens is 2. The highest BCUT2D eigenvalue weighted by Gasteiger charge is 2.39. The van der Waals surface area contributed by atoms with Gasteiger partial charge in [0.05, 0.1) is 6.04 Å². The van der Waals surface area contributed by atoms with Gasteiger partial charge in [-0.05, 0) is 51.0 Å². The van der Waals surface area contributed by atoms with Crippen LogP contribution in [0.2, 0.25) is 0 Å². The molecule has 2 aromatic rings. The van der Waals surface area contributed by atoms with Gasteiger partial charge in [0.15, 0.2) is 0 Å². The summed E-state index contributed by atoms with van der Waals surface area (Å²) in [5, 5.41) is 3.21. The highest BCUT2D eigenvalue weighted by molar-refractivity contribution is 5.80. The summed E-state index contributed by atoms with van der Waals surface area (Å²) in [6.07, 6.45) is 10.1. The van der Waals surface area contributed by atoms with E-state index in [1.807, 2.05) is 22.7 Å². The van der Waals surface area contributed by atoms with Crippen LogP contribution in [-0.2, 0) is 23.1 Å². The number of imidazole rings is 1. The SMILES string of the molecule is Cc1ccc(CC2(CCC(=O)N3CCCCC3c3nccn3C)CCC(=O)N2)cc1. The van der Waals surface area contributed by atoms with E-state index in [1.165, 1.54) is 11.1 Å². The van der Waals surface area contributed by atoms with Gasteiger partial charge in [-0.15, -0.1) is 0 Å². The first-order valence-corrected chi connectivity index (χ1v) is 11.1. The molecule has 0 saturated carbocycles. The molecule has 1 aromatic heterocycles. The third-order valence-corrected chi connectivity index (χ3v) is 6.70. The third-order valence-electron chi connectivity index (χ3n) is 6.70. The predicted molar refractivity (Wildman–Crippen MR) is 116 cm³/mol. The maximum absolute atomic E-state index is 13.3. The number of benzene rings is 1. The van der Waals surface area contributed by atoms with E-state index < -0.39 is 0 Å². The van der Waals surface area contributed by atoms with Crippen LogP contribution in [0.3, 0.4) is 0 Å². The van der Waals surface area contributed by atoms with E-state index >= 15 is 0 Å². The molecule has 1 aromatic carbocycles. The van der Waals surface area contributed by atoms with E-state index in [1.54, 1.807) is 6.20 Å². The average molecular weight is 409 g/mol. The lowest BCUT2D eigenvalue weighted by molar-refractivity contribution is -0.136. The second-order valence-electron chi connectivity index (χ2n) is 8.99. The fraction of sp³-hybridized carbons (Fsp3) is 0.542. The van der Waals surface area contributed by atoms with Gasteiger partial charge in [-0.1, -0.05) is 29.8 Å². The van der Waals surface area contributed by atoms with Crippen molar-refractivity contribution in [2.24, 2.45) is 7.05 Å². The van der Waals surface area contributed by atoms with Crippen LogP contribution in [0.5, 0.6) is 0 Å². The number of carbonyl (C=O) groups excluding carboxylic acids is 2. The lowest BCUT2D eigenvalue weighted by Gasteiger charge is -2.36. The number of aryl methyl sites for hydroxylation is 2. The molecule has 4 rings (SSSR count). The van der Waals surface area contributed by atoms with Crippen molar-refractivity contribution in [1.29, 1.82) is 0 Å². The summed E-state index contributed by atoms with van der Waals surface area (Å²) in [7, 11) is 1.99. The first kappa shape index (κ1) is 20.6. The smallest absolute Gasteiger partial charge is 0.223 e. The number of likely N-dealkylation sites (tertiary alicyclic amines) is 1. The molecule has 0 aliphatic carbocycles. The van der Waals surface area contributed by atoms with Crippen molar-refractivity contribution in [3.8, 4) is 0 Å². The predicted octanol–water partition coefficient (Wildman–Crippen LogP) is 3.45. The number of carbonyl (C=O) groups is 2. The summed E-state index contributed by atoms with van der Waals surface area (Å²) in [6, 6.07) is 8.53. The molecule has 2 atom stereocenters. The lowest BCUT2D eigenvalue weighted by Crippen LogP contribution is -2.46. The van der Waals surface area contributed by atoms with Crippen molar-refractivity contribution in [3.63, 3.8) is 0 Å². The Morgan fingerprint density at radius 1 is 1.27 bits per heavy atom. The molecule has 1 N–H and O–H groups in total. The highest BCUT2D eigenvalue weighted by atomic mass is 16.2. The maximum atomic E-state index is 13.3. The van der Waals surface area contributed by atoms with Gasteiger partial charge in [0.1, 0.15) is 5.82 Å². The minimum atomic E-state index is -0.323. The zero-order valence-corrected chi connectivity index (χ0v) is 18.1. The van der Waals surface area contributed by atoms with Gasteiger partial charge >= 0.3 is 0 Å². The monoisotopic (exact) mass is 408 g/mol. The third kappa shape index (κ3) is 4.42.